The van der Waals surface area contributed by atoms with Crippen LogP contribution in [0.4, 0.5) is 5.69 Å². The van der Waals surface area contributed by atoms with Crippen LogP contribution in [-0.2, 0) is 21.4 Å². The van der Waals surface area contributed by atoms with Gasteiger partial charge in [0.2, 0.25) is 15.9 Å². The Bertz CT molecular complexity index is 1130. The average molecular weight is 463 g/mol. The highest BCUT2D eigenvalue weighted by Crippen LogP contribution is 2.22. The van der Waals surface area contributed by atoms with Crippen LogP contribution in [0.15, 0.2) is 77.7 Å². The number of nitrogens with zero attached hydrogens (tertiary/aromatic N) is 1. The predicted octanol–water partition coefficient (Wildman–Crippen LogP) is 5.13. The molecule has 3 rings (SSSR count). The van der Waals surface area contributed by atoms with E-state index in [0.29, 0.717) is 21.3 Å². The van der Waals surface area contributed by atoms with E-state index in [1.165, 1.54) is 12.1 Å². The van der Waals surface area contributed by atoms with Gasteiger partial charge in [-0.15, -0.1) is 0 Å². The van der Waals surface area contributed by atoms with Gasteiger partial charge in [0.1, 0.15) is 0 Å². The summed E-state index contributed by atoms with van der Waals surface area (Å²) in [5, 5.41) is 3.77. The third kappa shape index (κ3) is 5.61. The van der Waals surface area contributed by atoms with Crippen LogP contribution in [0, 0.1) is 6.92 Å². The lowest BCUT2D eigenvalue weighted by Gasteiger charge is -2.22. The molecule has 0 saturated heterocycles. The molecular formula is C22H20Cl2N2O3S. The second-order valence-corrected chi connectivity index (χ2v) is 9.53. The van der Waals surface area contributed by atoms with E-state index in [9.17, 15) is 13.2 Å². The molecule has 8 heteroatoms. The number of rotatable bonds is 7. The summed E-state index contributed by atoms with van der Waals surface area (Å²) in [6, 6.07) is 20.0. The second-order valence-electron chi connectivity index (χ2n) is 6.72. The van der Waals surface area contributed by atoms with Crippen LogP contribution in [0.5, 0.6) is 0 Å². The first-order valence-corrected chi connectivity index (χ1v) is 11.3. The van der Waals surface area contributed by atoms with Gasteiger partial charge in [-0.2, -0.15) is 4.31 Å². The summed E-state index contributed by atoms with van der Waals surface area (Å²) in [5.74, 6) is -0.464. The average Bonchev–Trinajstić information content (AvgIpc) is 2.72. The quantitative estimate of drug-likeness (QED) is 0.528. The number of benzene rings is 3. The summed E-state index contributed by atoms with van der Waals surface area (Å²) in [6.45, 7) is 1.50. The maximum atomic E-state index is 13.2. The van der Waals surface area contributed by atoms with Crippen LogP contribution >= 0.6 is 23.2 Å². The Morgan fingerprint density at radius 2 is 1.57 bits per heavy atom. The van der Waals surface area contributed by atoms with E-state index in [2.05, 4.69) is 5.32 Å². The first kappa shape index (κ1) is 22.3. The van der Waals surface area contributed by atoms with E-state index >= 15 is 0 Å². The van der Waals surface area contributed by atoms with Crippen molar-refractivity contribution in [2.75, 3.05) is 11.9 Å². The lowest BCUT2D eigenvalue weighted by Crippen LogP contribution is -2.37. The topological polar surface area (TPSA) is 66.5 Å². The summed E-state index contributed by atoms with van der Waals surface area (Å²) in [6.07, 6.45) is 0. The Hall–Kier alpha value is -2.38. The van der Waals surface area contributed by atoms with E-state index in [1.54, 1.807) is 60.7 Å². The van der Waals surface area contributed by atoms with Gasteiger partial charge < -0.3 is 5.32 Å². The standard InChI is InChI=1S/C22H20Cl2N2O3S/c1-16-7-10-19(24)13-21(16)25-22(27)15-26(14-17-8-11-18(23)12-9-17)30(28,29)20-5-3-2-4-6-20/h2-13H,14-15H2,1H3,(H,25,27). The molecule has 0 aliphatic carbocycles. The minimum atomic E-state index is -3.90. The Balaban J connectivity index is 1.87. The van der Waals surface area contributed by atoms with Gasteiger partial charge in [-0.1, -0.05) is 59.6 Å². The van der Waals surface area contributed by atoms with Crippen LogP contribution in [0.2, 0.25) is 10.0 Å². The third-order valence-corrected chi connectivity index (χ3v) is 6.74. The first-order chi connectivity index (χ1) is 14.3. The second kappa shape index (κ2) is 9.62. The van der Waals surface area contributed by atoms with Crippen molar-refractivity contribution in [3.05, 3.63) is 94.0 Å². The molecule has 1 N–H and O–H groups in total. The zero-order chi connectivity index (χ0) is 21.7. The third-order valence-electron chi connectivity index (χ3n) is 4.45. The largest absolute Gasteiger partial charge is 0.325 e. The van der Waals surface area contributed by atoms with Crippen molar-refractivity contribution in [1.29, 1.82) is 0 Å². The molecular weight excluding hydrogens is 443 g/mol. The number of amides is 1. The predicted molar refractivity (Wildman–Crippen MR) is 120 cm³/mol. The molecule has 0 spiro atoms. The van der Waals surface area contributed by atoms with E-state index < -0.39 is 15.9 Å². The summed E-state index contributed by atoms with van der Waals surface area (Å²) in [5.41, 5.74) is 2.07. The van der Waals surface area contributed by atoms with Gasteiger partial charge in [-0.3, -0.25) is 4.79 Å². The molecule has 0 aliphatic rings. The van der Waals surface area contributed by atoms with Crippen molar-refractivity contribution in [3.8, 4) is 0 Å². The van der Waals surface area contributed by atoms with Gasteiger partial charge >= 0.3 is 0 Å². The molecule has 0 atom stereocenters. The summed E-state index contributed by atoms with van der Waals surface area (Å²) < 4.78 is 27.6. The van der Waals surface area contributed by atoms with E-state index in [4.69, 9.17) is 23.2 Å². The molecule has 0 saturated carbocycles. The number of halogens is 2. The summed E-state index contributed by atoms with van der Waals surface area (Å²) >= 11 is 11.9. The Labute approximate surface area is 186 Å². The Morgan fingerprint density at radius 3 is 2.23 bits per heavy atom. The zero-order valence-electron chi connectivity index (χ0n) is 16.2. The molecule has 3 aromatic rings. The van der Waals surface area contributed by atoms with Crippen molar-refractivity contribution in [1.82, 2.24) is 4.31 Å². The molecule has 5 nitrogen and oxygen atoms in total. The Kier molecular flexibility index (Phi) is 7.15. The molecule has 1 amide bonds. The smallest absolute Gasteiger partial charge is 0.243 e. The van der Waals surface area contributed by atoms with Gasteiger partial charge in [0.05, 0.1) is 11.4 Å². The summed E-state index contributed by atoms with van der Waals surface area (Å²) in [7, 11) is -3.90. The molecule has 30 heavy (non-hydrogen) atoms. The van der Waals surface area contributed by atoms with Crippen molar-refractivity contribution in [2.45, 2.75) is 18.4 Å². The fourth-order valence-corrected chi connectivity index (χ4v) is 4.54. The maximum absolute atomic E-state index is 13.2. The van der Waals surface area contributed by atoms with Crippen LogP contribution in [0.3, 0.4) is 0 Å². The minimum Gasteiger partial charge on any atom is -0.325 e. The zero-order valence-corrected chi connectivity index (χ0v) is 18.5. The first-order valence-electron chi connectivity index (χ1n) is 9.11. The maximum Gasteiger partial charge on any atom is 0.243 e. The number of hydrogen-bond acceptors (Lipinski definition) is 3. The van der Waals surface area contributed by atoms with Gasteiger partial charge in [0, 0.05) is 22.3 Å². The van der Waals surface area contributed by atoms with Crippen molar-refractivity contribution < 1.29 is 13.2 Å². The number of anilines is 1. The molecule has 0 aliphatic heterocycles. The van der Waals surface area contributed by atoms with E-state index in [1.807, 2.05) is 6.92 Å². The van der Waals surface area contributed by atoms with Gasteiger partial charge in [-0.25, -0.2) is 8.42 Å². The molecule has 0 bridgehead atoms. The highest BCUT2D eigenvalue weighted by Gasteiger charge is 2.27. The van der Waals surface area contributed by atoms with Gasteiger partial charge in [-0.05, 0) is 54.4 Å². The lowest BCUT2D eigenvalue weighted by molar-refractivity contribution is -0.116. The number of aryl methyl sites for hydroxylation is 1. The van der Waals surface area contributed by atoms with Crippen molar-refractivity contribution >= 4 is 44.8 Å². The fourth-order valence-electron chi connectivity index (χ4n) is 2.84. The SMILES string of the molecule is Cc1ccc(Cl)cc1NC(=O)CN(Cc1ccc(Cl)cc1)S(=O)(=O)c1ccccc1. The highest BCUT2D eigenvalue weighted by atomic mass is 35.5. The molecule has 0 aromatic heterocycles. The van der Waals surface area contributed by atoms with Gasteiger partial charge in [0.25, 0.3) is 0 Å². The fraction of sp³-hybridized carbons (Fsp3) is 0.136. The number of hydrogen-bond donors (Lipinski definition) is 1. The number of nitrogens with one attached hydrogen (secondary N) is 1. The number of sulfonamides is 1. The summed E-state index contributed by atoms with van der Waals surface area (Å²) in [4.78, 5) is 12.8. The molecule has 3 aromatic carbocycles. The van der Waals surface area contributed by atoms with E-state index in [0.717, 1.165) is 9.87 Å². The van der Waals surface area contributed by atoms with Gasteiger partial charge in [0.15, 0.2) is 0 Å². The molecule has 0 fully saturated rings. The molecule has 0 radical (unpaired) electrons. The minimum absolute atomic E-state index is 0.0242. The lowest BCUT2D eigenvalue weighted by atomic mass is 10.2. The Morgan fingerprint density at radius 1 is 0.933 bits per heavy atom. The molecule has 156 valence electrons. The van der Waals surface area contributed by atoms with Crippen LogP contribution < -0.4 is 5.32 Å². The normalized spacial score (nSPS) is 11.5. The molecule has 0 unspecified atom stereocenters. The monoisotopic (exact) mass is 462 g/mol. The van der Waals surface area contributed by atoms with Crippen LogP contribution in [-0.4, -0.2) is 25.2 Å². The highest BCUT2D eigenvalue weighted by molar-refractivity contribution is 7.89. The van der Waals surface area contributed by atoms with Crippen LogP contribution in [0.25, 0.3) is 0 Å². The van der Waals surface area contributed by atoms with Crippen LogP contribution in [0.1, 0.15) is 11.1 Å². The molecule has 0 heterocycles. The number of carbonyl (C=O) groups is 1. The van der Waals surface area contributed by atoms with Crippen molar-refractivity contribution in [2.24, 2.45) is 0 Å². The van der Waals surface area contributed by atoms with E-state index in [-0.39, 0.29) is 18.0 Å². The number of carbonyl (C=O) groups excluding carboxylic acids is 1. The van der Waals surface area contributed by atoms with Crippen molar-refractivity contribution in [3.63, 3.8) is 0 Å².